The molecule has 0 fully saturated rings. The smallest absolute Gasteiger partial charge is 0.261 e. The highest BCUT2D eigenvalue weighted by atomic mass is 32.1. The van der Waals surface area contributed by atoms with Crippen molar-refractivity contribution in [3.63, 3.8) is 0 Å². The van der Waals surface area contributed by atoms with Gasteiger partial charge in [-0.3, -0.25) is 4.79 Å². The average molecular weight is 455 g/mol. The predicted octanol–water partition coefficient (Wildman–Crippen LogP) is 3.64. The van der Waals surface area contributed by atoms with Gasteiger partial charge >= 0.3 is 0 Å². The van der Waals surface area contributed by atoms with Gasteiger partial charge in [0.25, 0.3) is 5.91 Å². The van der Waals surface area contributed by atoms with E-state index in [4.69, 9.17) is 10.5 Å². The second kappa shape index (κ2) is 11.5. The molecule has 1 unspecified atom stereocenters. The second-order valence-electron chi connectivity index (χ2n) is 7.34. The van der Waals surface area contributed by atoms with Crippen molar-refractivity contribution >= 4 is 24.2 Å². The molecular formula is C24H27FN4O2S. The molecule has 1 amide bonds. The summed E-state index contributed by atoms with van der Waals surface area (Å²) in [6, 6.07) is 19.3. The first-order valence-corrected chi connectivity index (χ1v) is 10.9. The summed E-state index contributed by atoms with van der Waals surface area (Å²) >= 11 is 4.21. The Bertz CT molecular complexity index is 1020. The molecule has 4 N–H and O–H groups in total. The number of nitrogens with one attached hydrogen (secondary N) is 2. The number of pyridine rings is 1. The van der Waals surface area contributed by atoms with Crippen LogP contribution >= 0.6 is 12.6 Å². The minimum Gasteiger partial charge on any atom is -0.463 e. The van der Waals surface area contributed by atoms with Gasteiger partial charge in [-0.15, -0.1) is 0 Å². The number of amides is 1. The van der Waals surface area contributed by atoms with E-state index in [1.54, 1.807) is 19.1 Å². The maximum Gasteiger partial charge on any atom is 0.261 e. The first kappa shape index (κ1) is 23.6. The molecule has 3 aromatic rings. The summed E-state index contributed by atoms with van der Waals surface area (Å²) in [7, 11) is 0. The number of ether oxygens (including phenoxy) is 1. The monoisotopic (exact) mass is 454 g/mol. The van der Waals surface area contributed by atoms with Gasteiger partial charge in [-0.1, -0.05) is 42.5 Å². The quantitative estimate of drug-likeness (QED) is 0.351. The van der Waals surface area contributed by atoms with E-state index < -0.39 is 6.10 Å². The van der Waals surface area contributed by atoms with Crippen molar-refractivity contribution in [1.82, 2.24) is 10.3 Å². The Morgan fingerprint density at radius 2 is 1.84 bits per heavy atom. The van der Waals surface area contributed by atoms with Crippen LogP contribution in [0.2, 0.25) is 0 Å². The van der Waals surface area contributed by atoms with E-state index in [0.717, 1.165) is 16.8 Å². The van der Waals surface area contributed by atoms with Crippen molar-refractivity contribution in [3.8, 4) is 17.1 Å². The number of aromatic nitrogens is 1. The lowest BCUT2D eigenvalue weighted by Gasteiger charge is -2.19. The summed E-state index contributed by atoms with van der Waals surface area (Å²) in [5.41, 5.74) is 9.05. The van der Waals surface area contributed by atoms with Crippen molar-refractivity contribution in [1.29, 1.82) is 0 Å². The van der Waals surface area contributed by atoms with Crippen LogP contribution in [0.25, 0.3) is 11.3 Å². The fourth-order valence-electron chi connectivity index (χ4n) is 2.90. The van der Waals surface area contributed by atoms with Gasteiger partial charge in [-0.05, 0) is 36.8 Å². The minimum atomic E-state index is -0.798. The molecule has 2 atom stereocenters. The summed E-state index contributed by atoms with van der Waals surface area (Å²) in [6.45, 7) is 2.41. The van der Waals surface area contributed by atoms with Gasteiger partial charge in [0.05, 0.1) is 11.4 Å². The first-order chi connectivity index (χ1) is 15.5. The molecule has 8 heteroatoms. The van der Waals surface area contributed by atoms with Crippen LogP contribution < -0.4 is 21.1 Å². The average Bonchev–Trinajstić information content (AvgIpc) is 2.82. The minimum absolute atomic E-state index is 0.142. The van der Waals surface area contributed by atoms with E-state index >= 15 is 0 Å². The second-order valence-corrected chi connectivity index (χ2v) is 7.71. The molecule has 0 aliphatic heterocycles. The number of halogens is 1. The fourth-order valence-corrected chi connectivity index (χ4v) is 3.03. The van der Waals surface area contributed by atoms with Crippen molar-refractivity contribution in [2.75, 3.05) is 17.6 Å². The Balaban J connectivity index is 1.73. The van der Waals surface area contributed by atoms with Gasteiger partial charge in [0.1, 0.15) is 5.82 Å². The van der Waals surface area contributed by atoms with Gasteiger partial charge in [0.15, 0.2) is 6.10 Å². The van der Waals surface area contributed by atoms with Crippen LogP contribution in [0.4, 0.5) is 10.1 Å². The lowest BCUT2D eigenvalue weighted by molar-refractivity contribution is -0.127. The number of thiol groups is 1. The number of carbonyl (C=O) groups is 1. The number of hydrogen-bond acceptors (Lipinski definition) is 6. The zero-order valence-electron chi connectivity index (χ0n) is 17.8. The third kappa shape index (κ3) is 6.70. The molecule has 1 aromatic heterocycles. The van der Waals surface area contributed by atoms with Crippen LogP contribution in [0.3, 0.4) is 0 Å². The Morgan fingerprint density at radius 3 is 2.53 bits per heavy atom. The Kier molecular flexibility index (Phi) is 8.47. The Hall–Kier alpha value is -3.10. The molecule has 6 nitrogen and oxygen atoms in total. The Morgan fingerprint density at radius 1 is 1.12 bits per heavy atom. The van der Waals surface area contributed by atoms with Gasteiger partial charge < -0.3 is 21.1 Å². The number of rotatable bonds is 10. The van der Waals surface area contributed by atoms with Crippen molar-refractivity contribution in [2.45, 2.75) is 25.6 Å². The Labute approximate surface area is 192 Å². The lowest BCUT2D eigenvalue weighted by Crippen LogP contribution is -2.36. The third-order valence-electron chi connectivity index (χ3n) is 4.76. The van der Waals surface area contributed by atoms with Crippen LogP contribution in [0.1, 0.15) is 12.5 Å². The van der Waals surface area contributed by atoms with Crippen molar-refractivity contribution in [3.05, 3.63) is 78.1 Å². The molecule has 1 heterocycles. The van der Waals surface area contributed by atoms with E-state index in [1.807, 2.05) is 42.5 Å². The lowest BCUT2D eigenvalue weighted by atomic mass is 10.1. The molecule has 0 aliphatic rings. The molecule has 32 heavy (non-hydrogen) atoms. The summed E-state index contributed by atoms with van der Waals surface area (Å²) in [6.07, 6.45) is -0.798. The zero-order chi connectivity index (χ0) is 22.9. The van der Waals surface area contributed by atoms with Gasteiger partial charge in [0.2, 0.25) is 5.88 Å². The molecule has 0 bridgehead atoms. The summed E-state index contributed by atoms with van der Waals surface area (Å²) in [5.74, 6) is 0.209. The SMILES string of the molecule is C[C@@H](Oc1nc(-c2ccccc2)ccc1NCC(N)CS)C(=O)NCc1ccc(F)cc1. The fraction of sp³-hybridized carbons (Fsp3) is 0.250. The van der Waals surface area contributed by atoms with Crippen molar-refractivity contribution < 1.29 is 13.9 Å². The van der Waals surface area contributed by atoms with Crippen molar-refractivity contribution in [2.24, 2.45) is 5.73 Å². The van der Waals surface area contributed by atoms with Gasteiger partial charge in [0, 0.05) is 30.4 Å². The summed E-state index contributed by atoms with van der Waals surface area (Å²) in [4.78, 5) is 17.2. The molecule has 0 saturated carbocycles. The van der Waals surface area contributed by atoms with Crippen LogP contribution in [-0.2, 0) is 11.3 Å². The number of benzene rings is 2. The maximum atomic E-state index is 13.1. The molecule has 2 aromatic carbocycles. The number of carbonyl (C=O) groups excluding carboxylic acids is 1. The number of nitrogens with two attached hydrogens (primary N) is 1. The van der Waals surface area contributed by atoms with Crippen LogP contribution in [0, 0.1) is 5.82 Å². The number of anilines is 1. The van der Waals surface area contributed by atoms with E-state index in [0.29, 0.717) is 23.9 Å². The number of hydrogen-bond donors (Lipinski definition) is 4. The molecule has 0 aliphatic carbocycles. The standard InChI is InChI=1S/C24H27FN4O2S/c1-16(23(30)28-13-17-7-9-19(25)10-8-17)31-24-22(27-14-20(26)15-32)12-11-21(29-24)18-5-3-2-4-6-18/h2-12,16,20,27,32H,13-15,26H2,1H3,(H,28,30)/t16-,20?/m1/s1. The highest BCUT2D eigenvalue weighted by Crippen LogP contribution is 2.28. The summed E-state index contributed by atoms with van der Waals surface area (Å²) < 4.78 is 19.0. The molecule has 0 spiro atoms. The number of nitrogens with zero attached hydrogens (tertiary/aromatic N) is 1. The third-order valence-corrected chi connectivity index (χ3v) is 5.23. The highest BCUT2D eigenvalue weighted by molar-refractivity contribution is 7.80. The van der Waals surface area contributed by atoms with E-state index in [1.165, 1.54) is 12.1 Å². The van der Waals surface area contributed by atoms with Gasteiger partial charge in [-0.25, -0.2) is 9.37 Å². The molecule has 0 radical (unpaired) electrons. The highest BCUT2D eigenvalue weighted by Gasteiger charge is 2.18. The molecule has 168 valence electrons. The topological polar surface area (TPSA) is 89.3 Å². The van der Waals surface area contributed by atoms with Crippen LogP contribution in [0.15, 0.2) is 66.7 Å². The van der Waals surface area contributed by atoms with E-state index in [2.05, 4.69) is 28.2 Å². The van der Waals surface area contributed by atoms with E-state index in [9.17, 15) is 9.18 Å². The largest absolute Gasteiger partial charge is 0.463 e. The summed E-state index contributed by atoms with van der Waals surface area (Å²) in [5, 5.41) is 6.02. The zero-order valence-corrected chi connectivity index (χ0v) is 18.7. The molecular weight excluding hydrogens is 427 g/mol. The molecule has 0 saturated heterocycles. The van der Waals surface area contributed by atoms with Crippen LogP contribution in [-0.4, -0.2) is 35.3 Å². The first-order valence-electron chi connectivity index (χ1n) is 10.3. The molecule has 3 rings (SSSR count). The normalized spacial score (nSPS) is 12.6. The van der Waals surface area contributed by atoms with Crippen LogP contribution in [0.5, 0.6) is 5.88 Å². The predicted molar refractivity (Wildman–Crippen MR) is 128 cm³/mol. The van der Waals surface area contributed by atoms with Gasteiger partial charge in [-0.2, -0.15) is 12.6 Å². The maximum absolute atomic E-state index is 13.1. The van der Waals surface area contributed by atoms with E-state index in [-0.39, 0.29) is 24.3 Å².